The highest BCUT2D eigenvalue weighted by Gasteiger charge is 2.28. The monoisotopic (exact) mass is 410 g/mol. The first kappa shape index (κ1) is 19.9. The van der Waals surface area contributed by atoms with Crippen molar-refractivity contribution in [3.63, 3.8) is 0 Å². The van der Waals surface area contributed by atoms with E-state index in [0.29, 0.717) is 42.7 Å². The highest BCUT2D eigenvalue weighted by atomic mass is 19.1. The summed E-state index contributed by atoms with van der Waals surface area (Å²) in [6, 6.07) is 13.3. The molecule has 2 heterocycles. The Morgan fingerprint density at radius 2 is 2.10 bits per heavy atom. The van der Waals surface area contributed by atoms with Gasteiger partial charge in [0.15, 0.2) is 0 Å². The van der Waals surface area contributed by atoms with Crippen LogP contribution in [0.1, 0.15) is 36.1 Å². The normalized spacial score (nSPS) is 16.3. The first-order chi connectivity index (χ1) is 14.6. The first-order valence-corrected chi connectivity index (χ1v) is 9.87. The Balaban J connectivity index is 1.38. The molecule has 3 aromatic rings. The number of methoxy groups -OCH3 is 1. The second-order valence-corrected chi connectivity index (χ2v) is 7.28. The molecule has 1 fully saturated rings. The molecule has 1 N–H and O–H groups in total. The van der Waals surface area contributed by atoms with Gasteiger partial charge in [-0.15, -0.1) is 10.2 Å². The van der Waals surface area contributed by atoms with Crippen molar-refractivity contribution in [3.05, 3.63) is 71.7 Å². The summed E-state index contributed by atoms with van der Waals surface area (Å²) in [6.07, 6.45) is 2.17. The van der Waals surface area contributed by atoms with E-state index in [1.807, 2.05) is 18.2 Å². The average Bonchev–Trinajstić information content (AvgIpc) is 3.24. The molecule has 7 nitrogen and oxygen atoms in total. The average molecular weight is 410 g/mol. The highest BCUT2D eigenvalue weighted by Crippen LogP contribution is 2.27. The Labute approximate surface area is 173 Å². The zero-order valence-corrected chi connectivity index (χ0v) is 16.7. The molecule has 0 aliphatic carbocycles. The number of carbonyl (C=O) groups is 1. The standard InChI is InChI=1S/C22H23FN4O3/c1-29-19-6-2-5-18(13-19)24-22(28)27-11-3-4-16(14-27)21-26-25-20(30-21)12-15-7-9-17(23)10-8-15/h2,5-10,13,16H,3-4,11-12,14H2,1H3,(H,24,28). The summed E-state index contributed by atoms with van der Waals surface area (Å²) in [7, 11) is 1.59. The van der Waals surface area contributed by atoms with Crippen molar-refractivity contribution in [2.24, 2.45) is 0 Å². The fourth-order valence-electron chi connectivity index (χ4n) is 3.55. The van der Waals surface area contributed by atoms with Gasteiger partial charge in [-0.2, -0.15) is 0 Å². The Kier molecular flexibility index (Phi) is 5.92. The van der Waals surface area contributed by atoms with Crippen LogP contribution in [0.2, 0.25) is 0 Å². The molecule has 1 unspecified atom stereocenters. The number of nitrogens with zero attached hydrogens (tertiary/aromatic N) is 3. The highest BCUT2D eigenvalue weighted by molar-refractivity contribution is 5.89. The summed E-state index contributed by atoms with van der Waals surface area (Å²) in [6.45, 7) is 1.18. The molecule has 1 aromatic heterocycles. The summed E-state index contributed by atoms with van der Waals surface area (Å²) in [5.74, 6) is 1.41. The molecule has 2 amide bonds. The van der Waals surface area contributed by atoms with Gasteiger partial charge in [0.05, 0.1) is 19.4 Å². The molecule has 156 valence electrons. The van der Waals surface area contributed by atoms with Crippen LogP contribution in [0.5, 0.6) is 5.75 Å². The Hall–Kier alpha value is -3.42. The van der Waals surface area contributed by atoms with E-state index >= 15 is 0 Å². The number of halogens is 1. The molecule has 0 radical (unpaired) electrons. The second kappa shape index (κ2) is 8.94. The number of piperidine rings is 1. The van der Waals surface area contributed by atoms with Crippen LogP contribution in [-0.2, 0) is 6.42 Å². The fraction of sp³-hybridized carbons (Fsp3) is 0.318. The summed E-state index contributed by atoms with van der Waals surface area (Å²) in [5, 5.41) is 11.2. The molecular formula is C22H23FN4O3. The van der Waals surface area contributed by atoms with Gasteiger partial charge in [0.2, 0.25) is 11.8 Å². The van der Waals surface area contributed by atoms with Gasteiger partial charge in [-0.1, -0.05) is 18.2 Å². The maximum atomic E-state index is 13.1. The predicted octanol–water partition coefficient (Wildman–Crippen LogP) is 4.22. The Morgan fingerprint density at radius 3 is 2.90 bits per heavy atom. The summed E-state index contributed by atoms with van der Waals surface area (Å²) >= 11 is 0. The van der Waals surface area contributed by atoms with Gasteiger partial charge in [0.1, 0.15) is 11.6 Å². The largest absolute Gasteiger partial charge is 0.497 e. The SMILES string of the molecule is COc1cccc(NC(=O)N2CCCC(c3nnc(Cc4ccc(F)cc4)o3)C2)c1. The van der Waals surface area contributed by atoms with Crippen LogP contribution in [-0.4, -0.2) is 41.3 Å². The van der Waals surface area contributed by atoms with Crippen molar-refractivity contribution in [3.8, 4) is 5.75 Å². The number of hydrogen-bond acceptors (Lipinski definition) is 5. The zero-order valence-electron chi connectivity index (χ0n) is 16.7. The number of urea groups is 1. The lowest BCUT2D eigenvalue weighted by Gasteiger charge is -2.31. The molecule has 0 bridgehead atoms. The number of rotatable bonds is 5. The second-order valence-electron chi connectivity index (χ2n) is 7.28. The lowest BCUT2D eigenvalue weighted by atomic mass is 9.98. The van der Waals surface area contributed by atoms with E-state index in [1.54, 1.807) is 30.2 Å². The predicted molar refractivity (Wildman–Crippen MR) is 109 cm³/mol. The maximum Gasteiger partial charge on any atom is 0.321 e. The molecule has 8 heteroatoms. The number of anilines is 1. The van der Waals surface area contributed by atoms with Crippen LogP contribution < -0.4 is 10.1 Å². The molecule has 0 spiro atoms. The number of hydrogen-bond donors (Lipinski definition) is 1. The first-order valence-electron chi connectivity index (χ1n) is 9.87. The van der Waals surface area contributed by atoms with Crippen LogP contribution >= 0.6 is 0 Å². The number of carbonyl (C=O) groups excluding carboxylic acids is 1. The Morgan fingerprint density at radius 1 is 1.27 bits per heavy atom. The molecular weight excluding hydrogens is 387 g/mol. The van der Waals surface area contributed by atoms with Gasteiger partial charge in [-0.3, -0.25) is 0 Å². The summed E-state index contributed by atoms with van der Waals surface area (Å²) in [4.78, 5) is 14.5. The smallest absolute Gasteiger partial charge is 0.321 e. The minimum atomic E-state index is -0.278. The molecule has 30 heavy (non-hydrogen) atoms. The van der Waals surface area contributed by atoms with E-state index in [0.717, 1.165) is 18.4 Å². The molecule has 0 saturated carbocycles. The molecule has 1 saturated heterocycles. The van der Waals surface area contributed by atoms with Crippen LogP contribution in [0.15, 0.2) is 52.9 Å². The number of amides is 2. The van der Waals surface area contributed by atoms with Crippen molar-refractivity contribution < 1.29 is 18.3 Å². The van der Waals surface area contributed by atoms with Crippen molar-refractivity contribution in [1.29, 1.82) is 0 Å². The van der Waals surface area contributed by atoms with Gasteiger partial charge in [-0.05, 0) is 42.7 Å². The molecule has 1 aliphatic rings. The molecule has 4 rings (SSSR count). The lowest BCUT2D eigenvalue weighted by Crippen LogP contribution is -2.41. The topological polar surface area (TPSA) is 80.5 Å². The summed E-state index contributed by atoms with van der Waals surface area (Å²) < 4.78 is 24.1. The minimum Gasteiger partial charge on any atom is -0.497 e. The maximum absolute atomic E-state index is 13.1. The van der Waals surface area contributed by atoms with Crippen molar-refractivity contribution >= 4 is 11.7 Å². The van der Waals surface area contributed by atoms with Gasteiger partial charge in [0, 0.05) is 24.8 Å². The quantitative estimate of drug-likeness (QED) is 0.681. The number of aromatic nitrogens is 2. The van der Waals surface area contributed by atoms with Gasteiger partial charge in [0.25, 0.3) is 0 Å². The van der Waals surface area contributed by atoms with E-state index < -0.39 is 0 Å². The number of ether oxygens (including phenoxy) is 1. The van der Waals surface area contributed by atoms with Crippen molar-refractivity contribution in [2.75, 3.05) is 25.5 Å². The van der Waals surface area contributed by atoms with Crippen LogP contribution in [0, 0.1) is 5.82 Å². The van der Waals surface area contributed by atoms with Crippen LogP contribution in [0.25, 0.3) is 0 Å². The Bertz CT molecular complexity index is 1010. The fourth-order valence-corrected chi connectivity index (χ4v) is 3.55. The van der Waals surface area contributed by atoms with Crippen LogP contribution in [0.3, 0.4) is 0 Å². The minimum absolute atomic E-state index is 0.00993. The van der Waals surface area contributed by atoms with E-state index in [2.05, 4.69) is 15.5 Å². The van der Waals surface area contributed by atoms with E-state index in [4.69, 9.17) is 9.15 Å². The van der Waals surface area contributed by atoms with Crippen molar-refractivity contribution in [2.45, 2.75) is 25.2 Å². The third kappa shape index (κ3) is 4.76. The van der Waals surface area contributed by atoms with Gasteiger partial charge in [-0.25, -0.2) is 9.18 Å². The summed E-state index contributed by atoms with van der Waals surface area (Å²) in [5.41, 5.74) is 1.58. The molecule has 1 atom stereocenters. The molecule has 1 aliphatic heterocycles. The lowest BCUT2D eigenvalue weighted by molar-refractivity contribution is 0.186. The molecule has 2 aromatic carbocycles. The third-order valence-corrected chi connectivity index (χ3v) is 5.13. The van der Waals surface area contributed by atoms with E-state index in [-0.39, 0.29) is 17.8 Å². The van der Waals surface area contributed by atoms with Crippen LogP contribution in [0.4, 0.5) is 14.9 Å². The van der Waals surface area contributed by atoms with Gasteiger partial charge < -0.3 is 19.4 Å². The zero-order chi connectivity index (χ0) is 20.9. The van der Waals surface area contributed by atoms with E-state index in [1.165, 1.54) is 12.1 Å². The van der Waals surface area contributed by atoms with Crippen molar-refractivity contribution in [1.82, 2.24) is 15.1 Å². The number of nitrogens with one attached hydrogen (secondary N) is 1. The number of likely N-dealkylation sites (tertiary alicyclic amines) is 1. The van der Waals surface area contributed by atoms with Gasteiger partial charge >= 0.3 is 6.03 Å². The van der Waals surface area contributed by atoms with E-state index in [9.17, 15) is 9.18 Å². The third-order valence-electron chi connectivity index (χ3n) is 5.13. The number of benzene rings is 2.